The average molecular weight is 231 g/mol. The van der Waals surface area contributed by atoms with Gasteiger partial charge < -0.3 is 9.64 Å². The quantitative estimate of drug-likeness (QED) is 0.734. The molecule has 1 aromatic rings. The third-order valence-corrected chi connectivity index (χ3v) is 4.34. The molecule has 2 atom stereocenters. The summed E-state index contributed by atoms with van der Waals surface area (Å²) in [4.78, 5) is 2.65. The second kappa shape index (κ2) is 4.25. The van der Waals surface area contributed by atoms with Gasteiger partial charge in [-0.25, -0.2) is 0 Å². The molecule has 17 heavy (non-hydrogen) atoms. The van der Waals surface area contributed by atoms with Gasteiger partial charge in [0.1, 0.15) is 5.75 Å². The van der Waals surface area contributed by atoms with Crippen molar-refractivity contribution in [1.29, 1.82) is 0 Å². The Kier molecular flexibility index (Phi) is 2.73. The summed E-state index contributed by atoms with van der Waals surface area (Å²) < 4.78 is 5.32. The van der Waals surface area contributed by atoms with Crippen LogP contribution in [0.1, 0.15) is 38.2 Å². The summed E-state index contributed by atoms with van der Waals surface area (Å²) in [5.41, 5.74) is 2.92. The summed E-state index contributed by atoms with van der Waals surface area (Å²) in [6.45, 7) is 2.37. The van der Waals surface area contributed by atoms with E-state index in [-0.39, 0.29) is 0 Å². The second-order valence-electron chi connectivity index (χ2n) is 5.37. The van der Waals surface area contributed by atoms with E-state index < -0.39 is 0 Å². The Hall–Kier alpha value is -1.18. The van der Waals surface area contributed by atoms with Gasteiger partial charge in [0, 0.05) is 17.8 Å². The second-order valence-corrected chi connectivity index (χ2v) is 5.37. The van der Waals surface area contributed by atoms with E-state index in [2.05, 4.69) is 30.0 Å². The molecular formula is C15H21NO. The maximum Gasteiger partial charge on any atom is 0.119 e. The van der Waals surface area contributed by atoms with Crippen molar-refractivity contribution in [1.82, 2.24) is 0 Å². The van der Waals surface area contributed by atoms with Crippen LogP contribution in [0.4, 0.5) is 5.69 Å². The van der Waals surface area contributed by atoms with Gasteiger partial charge in [-0.05, 0) is 62.8 Å². The van der Waals surface area contributed by atoms with Crippen molar-refractivity contribution in [3.05, 3.63) is 23.8 Å². The Morgan fingerprint density at radius 3 is 2.94 bits per heavy atom. The first kappa shape index (κ1) is 10.9. The number of hydrogen-bond acceptors (Lipinski definition) is 2. The number of benzene rings is 1. The molecule has 1 fully saturated rings. The Morgan fingerprint density at radius 2 is 2.12 bits per heavy atom. The number of methoxy groups -OCH3 is 1. The monoisotopic (exact) mass is 231 g/mol. The van der Waals surface area contributed by atoms with Crippen LogP contribution in [0.5, 0.6) is 5.75 Å². The molecule has 3 rings (SSSR count). The standard InChI is InChI=1S/C15H21NO/c1-11-4-3-5-13-7-6-12-10-14(17-2)8-9-15(12)16(11)13/h8-11,13H,3-7H2,1-2H3/t11-,13-/m1/s1. The van der Waals surface area contributed by atoms with E-state index in [1.807, 2.05) is 0 Å². The highest BCUT2D eigenvalue weighted by Crippen LogP contribution is 2.39. The van der Waals surface area contributed by atoms with Crippen molar-refractivity contribution in [2.45, 2.75) is 51.1 Å². The van der Waals surface area contributed by atoms with Gasteiger partial charge in [0.05, 0.1) is 7.11 Å². The molecule has 92 valence electrons. The Morgan fingerprint density at radius 1 is 1.24 bits per heavy atom. The van der Waals surface area contributed by atoms with Crippen LogP contribution in [-0.2, 0) is 6.42 Å². The first-order chi connectivity index (χ1) is 8.29. The van der Waals surface area contributed by atoms with E-state index in [1.165, 1.54) is 43.4 Å². The lowest BCUT2D eigenvalue weighted by atomic mass is 9.86. The molecule has 0 aromatic heterocycles. The van der Waals surface area contributed by atoms with Gasteiger partial charge in [0.25, 0.3) is 0 Å². The molecule has 0 aliphatic carbocycles. The Bertz CT molecular complexity index is 415. The fraction of sp³-hybridized carbons (Fsp3) is 0.600. The molecule has 0 radical (unpaired) electrons. The van der Waals surface area contributed by atoms with Gasteiger partial charge in [-0.1, -0.05) is 0 Å². The smallest absolute Gasteiger partial charge is 0.119 e. The summed E-state index contributed by atoms with van der Waals surface area (Å²) in [6.07, 6.45) is 6.62. The van der Waals surface area contributed by atoms with Crippen LogP contribution in [-0.4, -0.2) is 19.2 Å². The van der Waals surface area contributed by atoms with Gasteiger partial charge in [0.2, 0.25) is 0 Å². The zero-order chi connectivity index (χ0) is 11.8. The number of ether oxygens (including phenoxy) is 1. The average Bonchev–Trinajstić information content (AvgIpc) is 2.38. The molecular weight excluding hydrogens is 210 g/mol. The molecule has 0 unspecified atom stereocenters. The molecule has 0 bridgehead atoms. The van der Waals surface area contributed by atoms with E-state index in [4.69, 9.17) is 4.74 Å². The first-order valence-corrected chi connectivity index (χ1v) is 6.75. The predicted octanol–water partition coefficient (Wildman–Crippen LogP) is 3.39. The fourth-order valence-corrected chi connectivity index (χ4v) is 3.47. The molecule has 2 aliphatic heterocycles. The summed E-state index contributed by atoms with van der Waals surface area (Å²) in [6, 6.07) is 8.04. The van der Waals surface area contributed by atoms with Gasteiger partial charge in [0.15, 0.2) is 0 Å². The number of anilines is 1. The zero-order valence-electron chi connectivity index (χ0n) is 10.8. The topological polar surface area (TPSA) is 12.5 Å². The maximum atomic E-state index is 5.32. The van der Waals surface area contributed by atoms with Crippen LogP contribution in [0.25, 0.3) is 0 Å². The fourth-order valence-electron chi connectivity index (χ4n) is 3.47. The Labute approximate surface area is 104 Å². The van der Waals surface area contributed by atoms with Crippen molar-refractivity contribution in [2.75, 3.05) is 12.0 Å². The van der Waals surface area contributed by atoms with Crippen LogP contribution >= 0.6 is 0 Å². The highest BCUT2D eigenvalue weighted by molar-refractivity contribution is 5.59. The molecule has 0 amide bonds. The lowest BCUT2D eigenvalue weighted by Gasteiger charge is -2.46. The van der Waals surface area contributed by atoms with Crippen LogP contribution in [0, 0.1) is 0 Å². The number of fused-ring (bicyclic) bond motifs is 3. The van der Waals surface area contributed by atoms with Crippen LogP contribution in [0.2, 0.25) is 0 Å². The third-order valence-electron chi connectivity index (χ3n) is 4.34. The molecule has 1 aromatic carbocycles. The lowest BCUT2D eigenvalue weighted by molar-refractivity contribution is 0.367. The number of hydrogen-bond donors (Lipinski definition) is 0. The summed E-state index contributed by atoms with van der Waals surface area (Å²) >= 11 is 0. The summed E-state index contributed by atoms with van der Waals surface area (Å²) in [5, 5.41) is 0. The first-order valence-electron chi connectivity index (χ1n) is 6.75. The van der Waals surface area contributed by atoms with Gasteiger partial charge in [-0.3, -0.25) is 0 Å². The molecule has 2 heterocycles. The van der Waals surface area contributed by atoms with E-state index in [0.29, 0.717) is 6.04 Å². The van der Waals surface area contributed by atoms with Crippen LogP contribution in [0.15, 0.2) is 18.2 Å². The van der Waals surface area contributed by atoms with Gasteiger partial charge >= 0.3 is 0 Å². The Balaban J connectivity index is 1.99. The van der Waals surface area contributed by atoms with Crippen molar-refractivity contribution in [3.8, 4) is 5.75 Å². The SMILES string of the molecule is COc1ccc2c(c1)CC[C@H]1CCC[C@@H](C)N21. The maximum absolute atomic E-state index is 5.32. The van der Waals surface area contributed by atoms with Crippen molar-refractivity contribution in [3.63, 3.8) is 0 Å². The minimum atomic E-state index is 0.696. The third kappa shape index (κ3) is 1.80. The normalized spacial score (nSPS) is 27.3. The number of nitrogens with zero attached hydrogens (tertiary/aromatic N) is 1. The van der Waals surface area contributed by atoms with Crippen molar-refractivity contribution < 1.29 is 4.74 Å². The van der Waals surface area contributed by atoms with Crippen molar-refractivity contribution in [2.24, 2.45) is 0 Å². The van der Waals surface area contributed by atoms with E-state index in [1.54, 1.807) is 7.11 Å². The molecule has 0 N–H and O–H groups in total. The van der Waals surface area contributed by atoms with Gasteiger partial charge in [-0.15, -0.1) is 0 Å². The van der Waals surface area contributed by atoms with E-state index >= 15 is 0 Å². The summed E-state index contributed by atoms with van der Waals surface area (Å²) in [7, 11) is 1.75. The number of aryl methyl sites for hydroxylation is 1. The molecule has 2 aliphatic rings. The molecule has 0 spiro atoms. The van der Waals surface area contributed by atoms with E-state index in [0.717, 1.165) is 11.8 Å². The van der Waals surface area contributed by atoms with Crippen LogP contribution < -0.4 is 9.64 Å². The number of rotatable bonds is 1. The highest BCUT2D eigenvalue weighted by Gasteiger charge is 2.32. The largest absolute Gasteiger partial charge is 0.497 e. The lowest BCUT2D eigenvalue weighted by Crippen LogP contribution is -2.48. The number of piperidine rings is 1. The molecule has 2 nitrogen and oxygen atoms in total. The van der Waals surface area contributed by atoms with E-state index in [9.17, 15) is 0 Å². The molecule has 0 saturated carbocycles. The minimum Gasteiger partial charge on any atom is -0.497 e. The summed E-state index contributed by atoms with van der Waals surface area (Å²) in [5.74, 6) is 0.992. The molecule has 2 heteroatoms. The van der Waals surface area contributed by atoms with Crippen LogP contribution in [0.3, 0.4) is 0 Å². The minimum absolute atomic E-state index is 0.696. The highest BCUT2D eigenvalue weighted by atomic mass is 16.5. The predicted molar refractivity (Wildman–Crippen MR) is 70.9 cm³/mol. The van der Waals surface area contributed by atoms with Gasteiger partial charge in [-0.2, -0.15) is 0 Å². The zero-order valence-corrected chi connectivity index (χ0v) is 10.8. The molecule has 1 saturated heterocycles. The van der Waals surface area contributed by atoms with Crippen molar-refractivity contribution >= 4 is 5.69 Å².